The summed E-state index contributed by atoms with van der Waals surface area (Å²) in [7, 11) is -0.655. The maximum atomic E-state index is 12.6. The minimum Gasteiger partial charge on any atom is -0.419 e. The predicted octanol–water partition coefficient (Wildman–Crippen LogP) is 5.70. The summed E-state index contributed by atoms with van der Waals surface area (Å²) >= 11 is 18.5. The van der Waals surface area contributed by atoms with Crippen LogP contribution in [0, 0.1) is 0 Å². The molecule has 0 aliphatic carbocycles. The molecule has 2 aromatic carbocycles. The molecule has 0 saturated carbocycles. The number of hydrogen-bond acceptors (Lipinski definition) is 2. The number of halogens is 3. The molecule has 0 spiro atoms. The number of carbonyl (C=O) groups is 1. The van der Waals surface area contributed by atoms with Crippen molar-refractivity contribution >= 4 is 50.3 Å². The van der Waals surface area contributed by atoms with Crippen LogP contribution >= 0.6 is 34.8 Å². The van der Waals surface area contributed by atoms with Crippen LogP contribution < -0.4 is 0 Å². The first-order valence-electron chi connectivity index (χ1n) is 7.53. The first-order valence-corrected chi connectivity index (χ1v) is 9.95. The monoisotopic (exact) mass is 400 g/mol. The van der Waals surface area contributed by atoms with Crippen molar-refractivity contribution in [3.63, 3.8) is 0 Å². The topological polar surface area (TPSA) is 26.3 Å². The maximum Gasteiger partial charge on any atom is 0.196 e. The third-order valence-electron chi connectivity index (χ3n) is 3.24. The lowest BCUT2D eigenvalue weighted by molar-refractivity contribution is 0.103. The van der Waals surface area contributed by atoms with E-state index in [2.05, 4.69) is 20.8 Å². The molecule has 0 aliphatic heterocycles. The lowest BCUT2D eigenvalue weighted by Gasteiger charge is -2.17. The van der Waals surface area contributed by atoms with Gasteiger partial charge in [0.15, 0.2) is 15.5 Å². The molecule has 0 amide bonds. The Hall–Kier alpha value is -0.843. The van der Waals surface area contributed by atoms with Gasteiger partial charge in [-0.2, -0.15) is 0 Å². The Bertz CT molecular complexity index is 714. The highest BCUT2D eigenvalue weighted by Crippen LogP contribution is 2.30. The number of hydrogen-bond donors (Lipinski definition) is 0. The van der Waals surface area contributed by atoms with Crippen LogP contribution in [0.25, 0.3) is 0 Å². The smallest absolute Gasteiger partial charge is 0.196 e. The van der Waals surface area contributed by atoms with E-state index in [0.29, 0.717) is 32.8 Å². The van der Waals surface area contributed by atoms with E-state index in [1.165, 1.54) is 0 Å². The average molecular weight is 402 g/mol. The van der Waals surface area contributed by atoms with E-state index < -0.39 is 9.76 Å². The average Bonchev–Trinajstić information content (AvgIpc) is 2.45. The van der Waals surface area contributed by atoms with Crippen molar-refractivity contribution in [1.82, 2.24) is 0 Å². The number of ketones is 1. The number of benzene rings is 2. The molecule has 6 heteroatoms. The third-order valence-corrected chi connectivity index (χ3v) is 5.36. The summed E-state index contributed by atoms with van der Waals surface area (Å²) in [5.41, 5.74) is 1.67. The molecule has 0 N–H and O–H groups in total. The van der Waals surface area contributed by atoms with Crippen molar-refractivity contribution in [1.29, 1.82) is 0 Å². The summed E-state index contributed by atoms with van der Waals surface area (Å²) in [6, 6.07) is 10.1. The lowest BCUT2D eigenvalue weighted by atomic mass is 10.0. The minimum atomic E-state index is -0.655. The highest BCUT2D eigenvalue weighted by molar-refractivity contribution is 6.41. The molecular weight excluding hydrogens is 383 g/mol. The van der Waals surface area contributed by atoms with Crippen LogP contribution in [0.15, 0.2) is 36.4 Å². The molecule has 128 valence electrons. The Morgan fingerprint density at radius 2 is 1.58 bits per heavy atom. The van der Waals surface area contributed by atoms with Gasteiger partial charge < -0.3 is 4.43 Å². The van der Waals surface area contributed by atoms with E-state index in [4.69, 9.17) is 39.2 Å². The third kappa shape index (κ3) is 5.33. The van der Waals surface area contributed by atoms with Crippen molar-refractivity contribution in [2.75, 3.05) is 0 Å². The van der Waals surface area contributed by atoms with Crippen LogP contribution in [-0.4, -0.2) is 15.5 Å². The Morgan fingerprint density at radius 1 is 1.04 bits per heavy atom. The molecule has 0 aromatic heterocycles. The molecular formula is C18H19Cl3O2Si. The van der Waals surface area contributed by atoms with E-state index in [1.54, 1.807) is 36.4 Å². The summed E-state index contributed by atoms with van der Waals surface area (Å²) in [6.45, 7) is 6.94. The molecule has 0 atom stereocenters. The first-order chi connectivity index (χ1) is 11.2. The fourth-order valence-electron chi connectivity index (χ4n) is 2.15. The van der Waals surface area contributed by atoms with Gasteiger partial charge in [-0.25, -0.2) is 0 Å². The summed E-state index contributed by atoms with van der Waals surface area (Å²) in [4.78, 5) is 12.6. The summed E-state index contributed by atoms with van der Waals surface area (Å²) in [5.74, 6) is -0.224. The van der Waals surface area contributed by atoms with Crippen molar-refractivity contribution in [3.05, 3.63) is 68.2 Å². The van der Waals surface area contributed by atoms with Gasteiger partial charge in [0.25, 0.3) is 0 Å². The second kappa shape index (κ2) is 8.02. The zero-order chi connectivity index (χ0) is 17.9. The molecule has 24 heavy (non-hydrogen) atoms. The molecule has 0 fully saturated rings. The maximum absolute atomic E-state index is 12.6. The van der Waals surface area contributed by atoms with Gasteiger partial charge in [-0.05, 0) is 47.0 Å². The van der Waals surface area contributed by atoms with Crippen molar-refractivity contribution < 1.29 is 9.22 Å². The van der Waals surface area contributed by atoms with Crippen LogP contribution in [-0.2, 0) is 11.0 Å². The minimum absolute atomic E-state index is 0.220. The molecule has 2 rings (SSSR count). The Labute approximate surface area is 160 Å². The Morgan fingerprint density at radius 3 is 2.08 bits per heavy atom. The highest BCUT2D eigenvalue weighted by Gasteiger charge is 2.18. The van der Waals surface area contributed by atoms with Crippen LogP contribution in [0.4, 0.5) is 0 Å². The molecule has 0 unspecified atom stereocenters. The normalized spacial score (nSPS) is 12.1. The number of carbonyl (C=O) groups excluding carboxylic acids is 1. The van der Waals surface area contributed by atoms with Gasteiger partial charge in [-0.15, -0.1) is 0 Å². The van der Waals surface area contributed by atoms with E-state index in [9.17, 15) is 4.79 Å². The lowest BCUT2D eigenvalue weighted by Crippen LogP contribution is -2.12. The predicted molar refractivity (Wildman–Crippen MR) is 104 cm³/mol. The van der Waals surface area contributed by atoms with Crippen LogP contribution in [0.3, 0.4) is 0 Å². The van der Waals surface area contributed by atoms with Gasteiger partial charge in [0, 0.05) is 10.6 Å². The van der Waals surface area contributed by atoms with Gasteiger partial charge in [0.05, 0.1) is 22.2 Å². The van der Waals surface area contributed by atoms with Crippen LogP contribution in [0.2, 0.25) is 20.1 Å². The van der Waals surface area contributed by atoms with Crippen molar-refractivity contribution in [3.8, 4) is 0 Å². The zero-order valence-corrected chi connectivity index (χ0v) is 17.5. The standard InChI is InChI=1S/C18H19Cl3O2Si/c1-18(2,3)24-23-10-11-8-14(20)16(15(21)9-11)17(22)12-4-6-13(19)7-5-12/h4-9H,10,24H2,1-3H3. The Kier molecular flexibility index (Phi) is 6.51. The van der Waals surface area contributed by atoms with Gasteiger partial charge in [-0.1, -0.05) is 55.6 Å². The SMILES string of the molecule is CC(C)(C)[SiH2]OCc1cc(Cl)c(C(=O)c2ccc(Cl)cc2)c(Cl)c1. The fraction of sp³-hybridized carbons (Fsp3) is 0.278. The molecule has 0 saturated heterocycles. The second-order valence-electron chi connectivity index (χ2n) is 6.82. The Balaban J connectivity index is 2.20. The van der Waals surface area contributed by atoms with E-state index >= 15 is 0 Å². The largest absolute Gasteiger partial charge is 0.419 e. The number of rotatable bonds is 5. The zero-order valence-electron chi connectivity index (χ0n) is 13.8. The molecule has 0 heterocycles. The van der Waals surface area contributed by atoms with E-state index in [1.807, 2.05) is 0 Å². The van der Waals surface area contributed by atoms with Gasteiger partial charge in [0.2, 0.25) is 0 Å². The highest BCUT2D eigenvalue weighted by atomic mass is 35.5. The molecule has 0 radical (unpaired) electrons. The van der Waals surface area contributed by atoms with E-state index in [0.717, 1.165) is 5.56 Å². The van der Waals surface area contributed by atoms with Crippen molar-refractivity contribution in [2.24, 2.45) is 0 Å². The fourth-order valence-corrected chi connectivity index (χ4v) is 3.93. The quantitative estimate of drug-likeness (QED) is 0.474. The van der Waals surface area contributed by atoms with Gasteiger partial charge in [0.1, 0.15) is 0 Å². The van der Waals surface area contributed by atoms with Crippen LogP contribution in [0.1, 0.15) is 42.3 Å². The molecule has 0 bridgehead atoms. The summed E-state index contributed by atoms with van der Waals surface area (Å²) < 4.78 is 5.81. The first kappa shape index (κ1) is 19.5. The molecule has 0 aliphatic rings. The molecule has 2 nitrogen and oxygen atoms in total. The summed E-state index contributed by atoms with van der Waals surface area (Å²) in [6.07, 6.45) is 0. The second-order valence-corrected chi connectivity index (χ2v) is 10.9. The van der Waals surface area contributed by atoms with Crippen molar-refractivity contribution in [2.45, 2.75) is 32.4 Å². The molecule has 2 aromatic rings. The van der Waals surface area contributed by atoms with Gasteiger partial charge >= 0.3 is 0 Å². The van der Waals surface area contributed by atoms with Crippen LogP contribution in [0.5, 0.6) is 0 Å². The van der Waals surface area contributed by atoms with Gasteiger partial charge in [-0.3, -0.25) is 4.79 Å². The summed E-state index contributed by atoms with van der Waals surface area (Å²) in [5, 5.41) is 1.45. The van der Waals surface area contributed by atoms with E-state index in [-0.39, 0.29) is 10.8 Å².